The molecule has 96 valence electrons. The summed E-state index contributed by atoms with van der Waals surface area (Å²) >= 11 is 0. The Bertz CT molecular complexity index is 192. The largest absolute Gasteiger partial charge is 0.311 e. The van der Waals surface area contributed by atoms with Gasteiger partial charge in [-0.3, -0.25) is 0 Å². The predicted molar refractivity (Wildman–Crippen MR) is 72.7 cm³/mol. The van der Waals surface area contributed by atoms with Crippen molar-refractivity contribution in [2.24, 2.45) is 11.3 Å². The Kier molecular flexibility index (Phi) is 4.85. The van der Waals surface area contributed by atoms with Crippen molar-refractivity contribution in [1.29, 1.82) is 0 Å². The van der Waals surface area contributed by atoms with Crippen molar-refractivity contribution in [3.8, 4) is 0 Å². The number of nitrogens with one attached hydrogen (secondary N) is 1. The van der Waals surface area contributed by atoms with Crippen molar-refractivity contribution in [1.82, 2.24) is 5.32 Å². The molecule has 1 unspecified atom stereocenters. The number of hydrogen-bond acceptors (Lipinski definition) is 1. The third-order valence-corrected chi connectivity index (χ3v) is 4.20. The van der Waals surface area contributed by atoms with Gasteiger partial charge in [-0.05, 0) is 43.6 Å². The Labute approximate surface area is 102 Å². The van der Waals surface area contributed by atoms with Gasteiger partial charge < -0.3 is 5.32 Å². The number of hydrogen-bond donors (Lipinski definition) is 1. The Morgan fingerprint density at radius 1 is 1.12 bits per heavy atom. The Hall–Kier alpha value is -0.0400. The lowest BCUT2D eigenvalue weighted by Gasteiger charge is -2.40. The van der Waals surface area contributed by atoms with Crippen molar-refractivity contribution in [3.05, 3.63) is 0 Å². The smallest absolute Gasteiger partial charge is 0.0204 e. The van der Waals surface area contributed by atoms with E-state index >= 15 is 0 Å². The summed E-state index contributed by atoms with van der Waals surface area (Å²) in [6.07, 6.45) is 8.24. The first-order valence-corrected chi connectivity index (χ1v) is 7.11. The fourth-order valence-electron chi connectivity index (χ4n) is 2.76. The van der Waals surface area contributed by atoms with E-state index in [1.165, 1.54) is 45.1 Å². The average Bonchev–Trinajstić information content (AvgIpc) is 2.39. The molecule has 0 saturated carbocycles. The van der Waals surface area contributed by atoms with E-state index in [1.54, 1.807) is 0 Å². The van der Waals surface area contributed by atoms with E-state index in [2.05, 4.69) is 39.9 Å². The van der Waals surface area contributed by atoms with Crippen molar-refractivity contribution < 1.29 is 0 Å². The molecule has 0 aliphatic carbocycles. The molecule has 0 amide bonds. The van der Waals surface area contributed by atoms with Crippen LogP contribution in [0.2, 0.25) is 0 Å². The molecule has 16 heavy (non-hydrogen) atoms. The summed E-state index contributed by atoms with van der Waals surface area (Å²) in [5.74, 6) is 0.757. The molecule has 1 aliphatic rings. The molecule has 0 bridgehead atoms. The molecule has 1 fully saturated rings. The van der Waals surface area contributed by atoms with Gasteiger partial charge in [0.25, 0.3) is 0 Å². The highest BCUT2D eigenvalue weighted by molar-refractivity contribution is 4.93. The maximum Gasteiger partial charge on any atom is 0.0204 e. The standard InChI is InChI=1S/C15H31N/c1-13(2)15(11-10-14(3,4)5)9-7-6-8-12-16-15/h13,16H,6-12H2,1-5H3. The van der Waals surface area contributed by atoms with Gasteiger partial charge in [-0.1, -0.05) is 47.5 Å². The maximum atomic E-state index is 3.87. The van der Waals surface area contributed by atoms with Gasteiger partial charge in [0.1, 0.15) is 0 Å². The van der Waals surface area contributed by atoms with Crippen molar-refractivity contribution in [2.45, 2.75) is 78.7 Å². The van der Waals surface area contributed by atoms with E-state index < -0.39 is 0 Å². The Morgan fingerprint density at radius 3 is 2.38 bits per heavy atom. The fraction of sp³-hybridized carbons (Fsp3) is 1.00. The second kappa shape index (κ2) is 5.53. The summed E-state index contributed by atoms with van der Waals surface area (Å²) < 4.78 is 0. The van der Waals surface area contributed by atoms with Gasteiger partial charge in [0, 0.05) is 5.54 Å². The van der Waals surface area contributed by atoms with Crippen molar-refractivity contribution in [3.63, 3.8) is 0 Å². The van der Waals surface area contributed by atoms with Crippen molar-refractivity contribution >= 4 is 0 Å². The average molecular weight is 225 g/mol. The maximum absolute atomic E-state index is 3.87. The molecule has 1 heterocycles. The van der Waals surface area contributed by atoms with Crippen LogP contribution < -0.4 is 5.32 Å². The molecule has 1 saturated heterocycles. The first-order chi connectivity index (χ1) is 7.36. The van der Waals surface area contributed by atoms with Crippen LogP contribution in [0.25, 0.3) is 0 Å². The minimum Gasteiger partial charge on any atom is -0.311 e. The molecule has 0 aromatic rings. The second-order valence-electron chi connectivity index (χ2n) is 7.11. The van der Waals surface area contributed by atoms with Crippen LogP contribution in [-0.4, -0.2) is 12.1 Å². The van der Waals surface area contributed by atoms with E-state index in [1.807, 2.05) is 0 Å². The zero-order valence-electron chi connectivity index (χ0n) is 12.0. The fourth-order valence-corrected chi connectivity index (χ4v) is 2.76. The Morgan fingerprint density at radius 2 is 1.81 bits per heavy atom. The monoisotopic (exact) mass is 225 g/mol. The topological polar surface area (TPSA) is 12.0 Å². The summed E-state index contributed by atoms with van der Waals surface area (Å²) in [6.45, 7) is 13.1. The van der Waals surface area contributed by atoms with Gasteiger partial charge >= 0.3 is 0 Å². The predicted octanol–water partition coefficient (Wildman–Crippen LogP) is 4.37. The molecular weight excluding hydrogens is 194 g/mol. The van der Waals surface area contributed by atoms with Gasteiger partial charge in [-0.2, -0.15) is 0 Å². The molecule has 1 N–H and O–H groups in total. The lowest BCUT2D eigenvalue weighted by atomic mass is 9.75. The van der Waals surface area contributed by atoms with Gasteiger partial charge in [0.15, 0.2) is 0 Å². The van der Waals surface area contributed by atoms with Crippen LogP contribution >= 0.6 is 0 Å². The van der Waals surface area contributed by atoms with Crippen molar-refractivity contribution in [2.75, 3.05) is 6.54 Å². The molecule has 0 spiro atoms. The molecular formula is C15H31N. The van der Waals surface area contributed by atoms with Gasteiger partial charge in [-0.25, -0.2) is 0 Å². The lowest BCUT2D eigenvalue weighted by molar-refractivity contribution is 0.180. The molecule has 0 aromatic carbocycles. The van der Waals surface area contributed by atoms with Crippen LogP contribution in [0.5, 0.6) is 0 Å². The summed E-state index contributed by atoms with van der Waals surface area (Å²) in [5, 5.41) is 3.87. The lowest BCUT2D eigenvalue weighted by Crippen LogP contribution is -2.49. The Balaban J connectivity index is 2.63. The third kappa shape index (κ3) is 4.08. The van der Waals surface area contributed by atoms with E-state index in [-0.39, 0.29) is 0 Å². The molecule has 1 heteroatoms. The van der Waals surface area contributed by atoms with E-state index in [9.17, 15) is 0 Å². The second-order valence-corrected chi connectivity index (χ2v) is 7.11. The van der Waals surface area contributed by atoms with Crippen LogP contribution in [0.1, 0.15) is 73.1 Å². The quantitative estimate of drug-likeness (QED) is 0.752. The number of rotatable bonds is 3. The zero-order chi connectivity index (χ0) is 12.2. The summed E-state index contributed by atoms with van der Waals surface area (Å²) in [6, 6.07) is 0. The van der Waals surface area contributed by atoms with Gasteiger partial charge in [0.2, 0.25) is 0 Å². The van der Waals surface area contributed by atoms with Gasteiger partial charge in [0.05, 0.1) is 0 Å². The zero-order valence-corrected chi connectivity index (χ0v) is 12.0. The molecule has 0 radical (unpaired) electrons. The van der Waals surface area contributed by atoms with Crippen LogP contribution in [0.4, 0.5) is 0 Å². The third-order valence-electron chi connectivity index (χ3n) is 4.20. The SMILES string of the molecule is CC(C)C1(CCC(C)(C)C)CCCCCN1. The van der Waals surface area contributed by atoms with E-state index in [4.69, 9.17) is 0 Å². The van der Waals surface area contributed by atoms with Gasteiger partial charge in [-0.15, -0.1) is 0 Å². The summed E-state index contributed by atoms with van der Waals surface area (Å²) in [7, 11) is 0. The minimum atomic E-state index is 0.420. The summed E-state index contributed by atoms with van der Waals surface area (Å²) in [4.78, 5) is 0. The van der Waals surface area contributed by atoms with Crippen LogP contribution in [0.3, 0.4) is 0 Å². The molecule has 1 aliphatic heterocycles. The highest BCUT2D eigenvalue weighted by Gasteiger charge is 2.34. The molecule has 0 aromatic heterocycles. The first-order valence-electron chi connectivity index (χ1n) is 7.11. The highest BCUT2D eigenvalue weighted by atomic mass is 15.0. The van der Waals surface area contributed by atoms with Crippen LogP contribution in [0.15, 0.2) is 0 Å². The molecule has 1 nitrogen and oxygen atoms in total. The van der Waals surface area contributed by atoms with E-state index in [0.717, 1.165) is 5.92 Å². The van der Waals surface area contributed by atoms with Crippen LogP contribution in [-0.2, 0) is 0 Å². The molecule has 1 rings (SSSR count). The minimum absolute atomic E-state index is 0.420. The molecule has 1 atom stereocenters. The van der Waals surface area contributed by atoms with E-state index in [0.29, 0.717) is 11.0 Å². The first kappa shape index (κ1) is 14.0. The normalized spacial score (nSPS) is 28.1. The van der Waals surface area contributed by atoms with Crippen LogP contribution in [0, 0.1) is 11.3 Å². The summed E-state index contributed by atoms with van der Waals surface area (Å²) in [5.41, 5.74) is 0.889. The highest BCUT2D eigenvalue weighted by Crippen LogP contribution is 2.35.